The molecule has 0 spiro atoms. The molecule has 0 aliphatic heterocycles. The summed E-state index contributed by atoms with van der Waals surface area (Å²) in [6, 6.07) is 79.4. The van der Waals surface area contributed by atoms with Crippen molar-refractivity contribution in [2.45, 2.75) is 50.5 Å². The summed E-state index contributed by atoms with van der Waals surface area (Å²) >= 11 is 0. The summed E-state index contributed by atoms with van der Waals surface area (Å²) in [5.74, 6) is 0.595. The van der Waals surface area contributed by atoms with E-state index in [-0.39, 0.29) is 6.04 Å². The largest absolute Gasteiger partial charge is 0.334 e. The monoisotopic (exact) mass is 872 g/mol. The minimum atomic E-state index is 0.0538. The maximum absolute atomic E-state index is 2.63. The van der Waals surface area contributed by atoms with Gasteiger partial charge in [0.2, 0.25) is 0 Å². The first kappa shape index (κ1) is 40.3. The maximum Gasteiger partial charge on any atom is 0.0632 e. The summed E-state index contributed by atoms with van der Waals surface area (Å²) in [5, 5.41) is 10.4. The molecule has 2 aliphatic carbocycles. The molecule has 1 fully saturated rings. The molecule has 2 aliphatic rings. The Bertz CT molecular complexity index is 3750. The van der Waals surface area contributed by atoms with Gasteiger partial charge in [0.15, 0.2) is 0 Å². The summed E-state index contributed by atoms with van der Waals surface area (Å²) in [4.78, 5) is 2.63. The molecule has 326 valence electrons. The number of fused-ring (bicyclic) bond motifs is 7. The number of rotatable bonds is 8. The Morgan fingerprint density at radius 2 is 1.10 bits per heavy atom. The topological polar surface area (TPSA) is 8.17 Å². The van der Waals surface area contributed by atoms with Gasteiger partial charge in [0.1, 0.15) is 0 Å². The number of aromatic nitrogens is 1. The van der Waals surface area contributed by atoms with E-state index in [2.05, 4.69) is 240 Å². The zero-order valence-corrected chi connectivity index (χ0v) is 38.2. The van der Waals surface area contributed by atoms with E-state index in [1.165, 1.54) is 142 Å². The maximum atomic E-state index is 2.63. The average molecular weight is 873 g/mol. The fourth-order valence-electron chi connectivity index (χ4n) is 11.9. The van der Waals surface area contributed by atoms with E-state index in [1.54, 1.807) is 0 Å². The molecule has 1 saturated carbocycles. The van der Waals surface area contributed by atoms with Gasteiger partial charge < -0.3 is 9.47 Å². The molecular weight excluding hydrogens is 821 g/mol. The van der Waals surface area contributed by atoms with Crippen LogP contribution in [0.5, 0.6) is 0 Å². The van der Waals surface area contributed by atoms with E-state index in [1.807, 2.05) is 0 Å². The van der Waals surface area contributed by atoms with Crippen LogP contribution in [0, 0.1) is 0 Å². The smallest absolute Gasteiger partial charge is 0.0632 e. The van der Waals surface area contributed by atoms with E-state index in [0.717, 1.165) is 6.42 Å². The quantitative estimate of drug-likeness (QED) is 0.138. The van der Waals surface area contributed by atoms with Gasteiger partial charge >= 0.3 is 0 Å². The second-order valence-electron chi connectivity index (χ2n) is 19.0. The third-order valence-electron chi connectivity index (χ3n) is 15.1. The minimum Gasteiger partial charge on any atom is -0.334 e. The molecule has 10 aromatic carbocycles. The highest BCUT2D eigenvalue weighted by atomic mass is 15.2. The lowest BCUT2D eigenvalue weighted by molar-refractivity contribution is 0.445. The Hall–Kier alpha value is -7.94. The van der Waals surface area contributed by atoms with Gasteiger partial charge in [-0.25, -0.2) is 0 Å². The van der Waals surface area contributed by atoms with Crippen LogP contribution in [0.3, 0.4) is 0 Å². The lowest BCUT2D eigenvalue weighted by Crippen LogP contribution is -2.33. The van der Waals surface area contributed by atoms with Crippen molar-refractivity contribution in [1.29, 1.82) is 0 Å². The van der Waals surface area contributed by atoms with Crippen molar-refractivity contribution >= 4 is 71.1 Å². The predicted octanol–water partition coefficient (Wildman–Crippen LogP) is 18.2. The van der Waals surface area contributed by atoms with E-state index in [9.17, 15) is 0 Å². The lowest BCUT2D eigenvalue weighted by atomic mass is 9.79. The first-order valence-electron chi connectivity index (χ1n) is 24.6. The molecule has 68 heavy (non-hydrogen) atoms. The Morgan fingerprint density at radius 3 is 1.99 bits per heavy atom. The van der Waals surface area contributed by atoms with Crippen LogP contribution in [-0.2, 0) is 0 Å². The van der Waals surface area contributed by atoms with Gasteiger partial charge in [0.25, 0.3) is 0 Å². The number of anilines is 2. The van der Waals surface area contributed by atoms with Crippen LogP contribution in [0.15, 0.2) is 231 Å². The molecule has 1 aromatic heterocycles. The Labute approximate surface area is 398 Å². The van der Waals surface area contributed by atoms with Crippen LogP contribution in [0.25, 0.3) is 87.6 Å². The van der Waals surface area contributed by atoms with Gasteiger partial charge in [0.05, 0.1) is 17.1 Å². The van der Waals surface area contributed by atoms with Crippen LogP contribution in [0.1, 0.15) is 55.6 Å². The molecule has 1 atom stereocenters. The lowest BCUT2D eigenvalue weighted by Gasteiger charge is -2.37. The molecule has 0 amide bonds. The van der Waals surface area contributed by atoms with Crippen LogP contribution in [-0.4, -0.2) is 10.6 Å². The number of benzene rings is 10. The minimum absolute atomic E-state index is 0.0538. The second kappa shape index (κ2) is 17.0. The summed E-state index contributed by atoms with van der Waals surface area (Å²) in [6.07, 6.45) is 14.5. The number of hydrogen-bond donors (Lipinski definition) is 0. The molecule has 13 rings (SSSR count). The third-order valence-corrected chi connectivity index (χ3v) is 15.1. The van der Waals surface area contributed by atoms with Crippen LogP contribution in [0.2, 0.25) is 0 Å². The Kier molecular flexibility index (Phi) is 10.1. The highest BCUT2D eigenvalue weighted by molar-refractivity contribution is 6.12. The zero-order valence-electron chi connectivity index (χ0n) is 38.2. The number of nitrogens with zero attached hydrogens (tertiary/aromatic N) is 2. The molecule has 2 nitrogen and oxygen atoms in total. The molecule has 2 heteroatoms. The molecule has 0 N–H and O–H groups in total. The van der Waals surface area contributed by atoms with Crippen molar-refractivity contribution < 1.29 is 0 Å². The summed E-state index contributed by atoms with van der Waals surface area (Å²) in [7, 11) is 0. The molecule has 1 heterocycles. The fraction of sp³-hybridized carbons (Fsp3) is 0.121. The van der Waals surface area contributed by atoms with Crippen molar-refractivity contribution in [3.8, 4) is 27.9 Å². The number of hydrogen-bond acceptors (Lipinski definition) is 1. The van der Waals surface area contributed by atoms with Gasteiger partial charge in [0, 0.05) is 27.8 Å². The van der Waals surface area contributed by atoms with Crippen LogP contribution >= 0.6 is 0 Å². The van der Waals surface area contributed by atoms with E-state index in [0.29, 0.717) is 5.92 Å². The molecule has 0 bridgehead atoms. The van der Waals surface area contributed by atoms with E-state index in [4.69, 9.17) is 0 Å². The van der Waals surface area contributed by atoms with Crippen molar-refractivity contribution in [2.75, 3.05) is 4.90 Å². The number of para-hydroxylation sites is 2. The van der Waals surface area contributed by atoms with Gasteiger partial charge in [-0.1, -0.05) is 201 Å². The van der Waals surface area contributed by atoms with Gasteiger partial charge in [-0.05, 0) is 145 Å². The van der Waals surface area contributed by atoms with Crippen molar-refractivity contribution in [2.24, 2.45) is 0 Å². The normalized spacial score (nSPS) is 15.4. The van der Waals surface area contributed by atoms with Gasteiger partial charge in [-0.3, -0.25) is 0 Å². The van der Waals surface area contributed by atoms with Gasteiger partial charge in [-0.15, -0.1) is 0 Å². The molecule has 0 saturated heterocycles. The van der Waals surface area contributed by atoms with Crippen molar-refractivity contribution in [3.63, 3.8) is 0 Å². The van der Waals surface area contributed by atoms with E-state index < -0.39 is 0 Å². The average Bonchev–Trinajstić information content (AvgIpc) is 3.75. The van der Waals surface area contributed by atoms with Crippen molar-refractivity contribution in [3.05, 3.63) is 242 Å². The summed E-state index contributed by atoms with van der Waals surface area (Å²) < 4.78 is 2.42. The first-order chi connectivity index (χ1) is 33.7. The zero-order chi connectivity index (χ0) is 45.0. The molecule has 11 aromatic rings. The van der Waals surface area contributed by atoms with E-state index >= 15 is 0 Å². The summed E-state index contributed by atoms with van der Waals surface area (Å²) in [5.41, 5.74) is 15.1. The standard InChI is InChI=1S/C66H52N2/c1-3-17-45(18-4-1)56-30-14-20-48-21-15-32-62(66(48)56)60-28-10-11-33-63(60)67(52-39-35-47(36-40-52)55-29-16-31-57-54-26-8-7-19-46(54)37-41-58(55)57)53-25-13-22-49(43-53)50-38-42-61-59-27-9-12-34-64(59)68(65(61)44-50)51-23-5-2-6-24-51/h2,5-16,19-32,34-45,63H,1,3-4,17-18,33H2. The molecule has 1 unspecified atom stereocenters. The highest BCUT2D eigenvalue weighted by Crippen LogP contribution is 2.45. The highest BCUT2D eigenvalue weighted by Gasteiger charge is 2.29. The van der Waals surface area contributed by atoms with Crippen LogP contribution < -0.4 is 4.90 Å². The first-order valence-corrected chi connectivity index (χ1v) is 24.6. The molecule has 0 radical (unpaired) electrons. The Balaban J connectivity index is 0.966. The number of allylic oxidation sites excluding steroid dienone is 2. The fourth-order valence-corrected chi connectivity index (χ4v) is 11.9. The van der Waals surface area contributed by atoms with Crippen LogP contribution in [0.4, 0.5) is 11.4 Å². The molecular formula is C66H52N2. The second-order valence-corrected chi connectivity index (χ2v) is 19.0. The SMILES string of the molecule is C1=CCC(N(c2ccc(-c3cccc4c3ccc3ccccc34)cc2)c2cccc(-c3ccc4c5ccccc5n(-c5ccccc5)c4c3)c2)C(c2cccc3cccc(C4CCCCC4)c23)=C1. The Morgan fingerprint density at radius 1 is 0.426 bits per heavy atom. The van der Waals surface area contributed by atoms with Crippen molar-refractivity contribution in [1.82, 2.24) is 4.57 Å². The van der Waals surface area contributed by atoms with Gasteiger partial charge in [-0.2, -0.15) is 0 Å². The third kappa shape index (κ3) is 6.94. The predicted molar refractivity (Wildman–Crippen MR) is 291 cm³/mol. The summed E-state index contributed by atoms with van der Waals surface area (Å²) in [6.45, 7) is 0.